The van der Waals surface area contributed by atoms with Gasteiger partial charge < -0.3 is 4.74 Å². The zero-order valence-electron chi connectivity index (χ0n) is 6.93. The van der Waals surface area contributed by atoms with Gasteiger partial charge in [-0.15, -0.1) is 0 Å². The predicted molar refractivity (Wildman–Crippen MR) is 53.3 cm³/mol. The molecule has 1 aromatic carbocycles. The van der Waals surface area contributed by atoms with E-state index in [0.29, 0.717) is 6.61 Å². The van der Waals surface area contributed by atoms with Crippen LogP contribution in [0.1, 0.15) is 12.5 Å². The molecule has 0 aliphatic heterocycles. The van der Waals surface area contributed by atoms with Crippen LogP contribution in [-0.2, 0) is 0 Å². The average molecular weight is 226 g/mol. The second-order valence-electron chi connectivity index (χ2n) is 2.25. The topological polar surface area (TPSA) is 9.23 Å². The van der Waals surface area contributed by atoms with Gasteiger partial charge in [-0.1, -0.05) is 22.5 Å². The minimum atomic E-state index is 0.663. The zero-order chi connectivity index (χ0) is 8.97. The van der Waals surface area contributed by atoms with Crippen LogP contribution in [0.25, 0.3) is 0 Å². The molecule has 0 fully saturated rings. The van der Waals surface area contributed by atoms with E-state index >= 15 is 0 Å². The van der Waals surface area contributed by atoms with E-state index in [2.05, 4.69) is 28.6 Å². The molecule has 12 heavy (non-hydrogen) atoms. The summed E-state index contributed by atoms with van der Waals surface area (Å²) in [6.07, 6.45) is 2.82. The Bertz CT molecular complexity index is 281. The maximum absolute atomic E-state index is 5.36. The molecule has 1 aromatic rings. The van der Waals surface area contributed by atoms with Crippen molar-refractivity contribution in [2.75, 3.05) is 6.61 Å². The fraction of sp³-hybridized carbons (Fsp3) is 0.200. The summed E-state index contributed by atoms with van der Waals surface area (Å²) in [6, 6.07) is 5.77. The molecule has 0 heterocycles. The Morgan fingerprint density at radius 3 is 2.92 bits per heavy atom. The summed E-state index contributed by atoms with van der Waals surface area (Å²) in [4.78, 5) is 0. The molecular weight excluding hydrogens is 216 g/mol. The van der Waals surface area contributed by atoms with Crippen molar-refractivity contribution in [1.82, 2.24) is 0 Å². The highest BCUT2D eigenvalue weighted by molar-refractivity contribution is 9.10. The van der Waals surface area contributed by atoms with Crippen LogP contribution >= 0.6 is 15.9 Å². The Labute approximate surface area is 81.2 Å². The standard InChI is InChI=1S/C10H10BrO/c1-3-8-7-9(11)5-6-10(8)12-4-2/h5-7H,1,4H2,2H3. The van der Waals surface area contributed by atoms with E-state index in [1.165, 1.54) is 0 Å². The van der Waals surface area contributed by atoms with Gasteiger partial charge in [0.15, 0.2) is 0 Å². The SMILES string of the molecule is C=[C]c1cc(Br)ccc1OCC. The molecule has 0 aliphatic carbocycles. The van der Waals surface area contributed by atoms with Crippen LogP contribution in [0.3, 0.4) is 0 Å². The number of hydrogen-bond donors (Lipinski definition) is 0. The molecule has 2 heteroatoms. The largest absolute Gasteiger partial charge is 0.493 e. The van der Waals surface area contributed by atoms with Crippen molar-refractivity contribution in [2.24, 2.45) is 0 Å². The third-order valence-electron chi connectivity index (χ3n) is 1.43. The fourth-order valence-corrected chi connectivity index (χ4v) is 1.28. The third kappa shape index (κ3) is 2.11. The van der Waals surface area contributed by atoms with Gasteiger partial charge in [-0.2, -0.15) is 0 Å². The van der Waals surface area contributed by atoms with Crippen LogP contribution < -0.4 is 4.74 Å². The summed E-state index contributed by atoms with van der Waals surface area (Å²) in [7, 11) is 0. The summed E-state index contributed by atoms with van der Waals surface area (Å²) in [5.74, 6) is 0.829. The first-order valence-electron chi connectivity index (χ1n) is 3.73. The van der Waals surface area contributed by atoms with Crippen LogP contribution in [0.15, 0.2) is 29.3 Å². The summed E-state index contributed by atoms with van der Waals surface area (Å²) in [6.45, 7) is 6.21. The van der Waals surface area contributed by atoms with E-state index in [1.54, 1.807) is 0 Å². The van der Waals surface area contributed by atoms with Crippen LogP contribution in [0.4, 0.5) is 0 Å². The highest BCUT2D eigenvalue weighted by Gasteiger charge is 1.99. The lowest BCUT2D eigenvalue weighted by atomic mass is 10.2. The molecule has 0 bridgehead atoms. The molecule has 0 aliphatic rings. The van der Waals surface area contributed by atoms with Crippen molar-refractivity contribution < 1.29 is 4.74 Å². The minimum Gasteiger partial charge on any atom is -0.493 e. The maximum Gasteiger partial charge on any atom is 0.127 e. The van der Waals surface area contributed by atoms with E-state index in [0.717, 1.165) is 15.8 Å². The highest BCUT2D eigenvalue weighted by atomic mass is 79.9. The van der Waals surface area contributed by atoms with E-state index in [9.17, 15) is 0 Å². The number of rotatable bonds is 3. The van der Waals surface area contributed by atoms with E-state index in [4.69, 9.17) is 4.74 Å². The Morgan fingerprint density at radius 1 is 1.58 bits per heavy atom. The van der Waals surface area contributed by atoms with Gasteiger partial charge in [0.05, 0.1) is 6.61 Å². The third-order valence-corrected chi connectivity index (χ3v) is 1.93. The molecule has 1 rings (SSSR count). The summed E-state index contributed by atoms with van der Waals surface area (Å²) in [5, 5.41) is 0. The monoisotopic (exact) mass is 225 g/mol. The van der Waals surface area contributed by atoms with Gasteiger partial charge in [-0.05, 0) is 31.2 Å². The summed E-state index contributed by atoms with van der Waals surface area (Å²) < 4.78 is 6.37. The molecule has 63 valence electrons. The lowest BCUT2D eigenvalue weighted by molar-refractivity contribution is 0.338. The first-order chi connectivity index (χ1) is 5.77. The summed E-state index contributed by atoms with van der Waals surface area (Å²) >= 11 is 3.36. The molecule has 0 saturated heterocycles. The van der Waals surface area contributed by atoms with Crippen molar-refractivity contribution in [1.29, 1.82) is 0 Å². The molecule has 0 unspecified atom stereocenters. The highest BCUT2D eigenvalue weighted by Crippen LogP contribution is 2.22. The second-order valence-corrected chi connectivity index (χ2v) is 3.17. The number of halogens is 1. The normalized spacial score (nSPS) is 9.50. The number of hydrogen-bond acceptors (Lipinski definition) is 1. The van der Waals surface area contributed by atoms with Crippen LogP contribution in [0.5, 0.6) is 5.75 Å². The smallest absolute Gasteiger partial charge is 0.127 e. The second kappa shape index (κ2) is 4.31. The Balaban J connectivity index is 3.02. The maximum atomic E-state index is 5.36. The van der Waals surface area contributed by atoms with E-state index in [-0.39, 0.29) is 0 Å². The lowest BCUT2D eigenvalue weighted by Gasteiger charge is -2.06. The molecule has 0 aromatic heterocycles. The number of benzene rings is 1. The van der Waals surface area contributed by atoms with Gasteiger partial charge in [-0.25, -0.2) is 0 Å². The molecule has 0 saturated carbocycles. The molecule has 0 N–H and O–H groups in total. The predicted octanol–water partition coefficient (Wildman–Crippen LogP) is 3.19. The van der Waals surface area contributed by atoms with Crippen LogP contribution in [0.2, 0.25) is 0 Å². The number of ether oxygens (including phenoxy) is 1. The first kappa shape index (κ1) is 9.33. The van der Waals surface area contributed by atoms with Gasteiger partial charge in [0.1, 0.15) is 5.75 Å². The molecule has 1 nitrogen and oxygen atoms in total. The Kier molecular flexibility index (Phi) is 3.35. The van der Waals surface area contributed by atoms with Crippen molar-refractivity contribution in [2.45, 2.75) is 6.92 Å². The molecule has 0 spiro atoms. The van der Waals surface area contributed by atoms with Crippen LogP contribution in [0, 0.1) is 6.08 Å². The molecule has 0 amide bonds. The quantitative estimate of drug-likeness (QED) is 0.768. The molecule has 0 atom stereocenters. The fourth-order valence-electron chi connectivity index (χ4n) is 0.922. The van der Waals surface area contributed by atoms with Gasteiger partial charge >= 0.3 is 0 Å². The van der Waals surface area contributed by atoms with Gasteiger partial charge in [0.2, 0.25) is 0 Å². The summed E-state index contributed by atoms with van der Waals surface area (Å²) in [5.41, 5.74) is 0.895. The van der Waals surface area contributed by atoms with Gasteiger partial charge in [-0.3, -0.25) is 0 Å². The van der Waals surface area contributed by atoms with Gasteiger partial charge in [0.25, 0.3) is 0 Å². The lowest BCUT2D eigenvalue weighted by Crippen LogP contribution is -1.93. The Hall–Kier alpha value is -0.760. The van der Waals surface area contributed by atoms with Crippen molar-refractivity contribution in [3.63, 3.8) is 0 Å². The first-order valence-corrected chi connectivity index (χ1v) is 4.52. The van der Waals surface area contributed by atoms with Crippen molar-refractivity contribution >= 4 is 15.9 Å². The Morgan fingerprint density at radius 2 is 2.33 bits per heavy atom. The van der Waals surface area contributed by atoms with Crippen molar-refractivity contribution in [3.05, 3.63) is 40.9 Å². The van der Waals surface area contributed by atoms with E-state index in [1.807, 2.05) is 25.1 Å². The van der Waals surface area contributed by atoms with E-state index < -0.39 is 0 Å². The minimum absolute atomic E-state index is 0.663. The van der Waals surface area contributed by atoms with Gasteiger partial charge in [0, 0.05) is 10.0 Å². The zero-order valence-corrected chi connectivity index (χ0v) is 8.52. The molecule has 1 radical (unpaired) electrons. The average Bonchev–Trinajstić information content (AvgIpc) is 2.08. The van der Waals surface area contributed by atoms with Crippen molar-refractivity contribution in [3.8, 4) is 5.75 Å². The van der Waals surface area contributed by atoms with Crippen LogP contribution in [-0.4, -0.2) is 6.61 Å². The molecular formula is C10H10BrO.